The van der Waals surface area contributed by atoms with Gasteiger partial charge in [0.25, 0.3) is 0 Å². The topological polar surface area (TPSA) is 74.6 Å². The minimum absolute atomic E-state index is 0.0341. The Hall–Kier alpha value is -1.34. The van der Waals surface area contributed by atoms with Crippen molar-refractivity contribution in [3.8, 4) is 0 Å². The first-order chi connectivity index (χ1) is 16.1. The van der Waals surface area contributed by atoms with Gasteiger partial charge < -0.3 is 10.2 Å². The monoisotopic (exact) mass is 506 g/mol. The van der Waals surface area contributed by atoms with Crippen molar-refractivity contribution in [2.45, 2.75) is 91.9 Å². The summed E-state index contributed by atoms with van der Waals surface area (Å²) >= 11 is 3.38. The van der Waals surface area contributed by atoms with Crippen molar-refractivity contribution in [2.24, 2.45) is 10.8 Å². The number of aryl methyl sites for hydroxylation is 4. The molecular formula is C28H42O4S2. The van der Waals surface area contributed by atoms with E-state index < -0.39 is 0 Å². The van der Waals surface area contributed by atoms with Crippen molar-refractivity contribution < 1.29 is 10.2 Å². The highest BCUT2D eigenvalue weighted by Gasteiger charge is 2.21. The number of aliphatic hydroxyl groups excluding tert-OH is 2. The van der Waals surface area contributed by atoms with E-state index in [1.807, 2.05) is 0 Å². The normalized spacial score (nSPS) is 13.7. The molecule has 0 amide bonds. The molecule has 4 nitrogen and oxygen atoms in total. The quantitative estimate of drug-likeness (QED) is 0.321. The molecule has 2 N–H and O–H groups in total. The van der Waals surface area contributed by atoms with E-state index in [1.165, 1.54) is 0 Å². The van der Waals surface area contributed by atoms with Gasteiger partial charge in [-0.1, -0.05) is 34.1 Å². The summed E-state index contributed by atoms with van der Waals surface area (Å²) in [4.78, 5) is 28.8. The third-order valence-corrected chi connectivity index (χ3v) is 8.84. The van der Waals surface area contributed by atoms with Crippen LogP contribution in [0.5, 0.6) is 0 Å². The molecule has 0 spiro atoms. The summed E-state index contributed by atoms with van der Waals surface area (Å²) in [7, 11) is 0. The molecule has 0 saturated heterocycles. The first kappa shape index (κ1) is 28.9. The molecule has 0 fully saturated rings. The Balaban J connectivity index is 1.97. The first-order valence-electron chi connectivity index (χ1n) is 12.6. The molecule has 34 heavy (non-hydrogen) atoms. The number of aliphatic hydroxyl groups is 2. The molecule has 0 aliphatic rings. The van der Waals surface area contributed by atoms with Crippen molar-refractivity contribution in [3.63, 3.8) is 0 Å². The Morgan fingerprint density at radius 2 is 1.12 bits per heavy atom. The molecule has 0 aliphatic heterocycles. The predicted molar refractivity (Wildman–Crippen MR) is 145 cm³/mol. The maximum Gasteiger partial charge on any atom is 0.180 e. The van der Waals surface area contributed by atoms with E-state index in [0.29, 0.717) is 0 Å². The average molecular weight is 507 g/mol. The van der Waals surface area contributed by atoms with Crippen LogP contribution in [-0.4, -0.2) is 23.4 Å². The van der Waals surface area contributed by atoms with E-state index in [-0.39, 0.29) is 34.9 Å². The van der Waals surface area contributed by atoms with E-state index >= 15 is 0 Å². The number of hydrogen-bond acceptors (Lipinski definition) is 6. The second-order valence-corrected chi connectivity index (χ2v) is 13.2. The van der Waals surface area contributed by atoms with Gasteiger partial charge >= 0.3 is 0 Å². The van der Waals surface area contributed by atoms with Crippen LogP contribution in [0.25, 0.3) is 0 Å². The highest BCUT2D eigenvalue weighted by Crippen LogP contribution is 2.30. The van der Waals surface area contributed by atoms with Crippen molar-refractivity contribution in [1.82, 2.24) is 0 Å². The van der Waals surface area contributed by atoms with Crippen molar-refractivity contribution in [3.05, 3.63) is 64.2 Å². The molecule has 1 atom stereocenters. The average Bonchev–Trinajstić information content (AvgIpc) is 2.77. The fourth-order valence-electron chi connectivity index (χ4n) is 4.31. The summed E-state index contributed by atoms with van der Waals surface area (Å²) in [5.41, 5.74) is -0.0208. The van der Waals surface area contributed by atoms with Gasteiger partial charge in [-0.3, -0.25) is 9.59 Å². The van der Waals surface area contributed by atoms with Crippen LogP contribution in [0.4, 0.5) is 0 Å². The lowest BCUT2D eigenvalue weighted by atomic mass is 9.81. The van der Waals surface area contributed by atoms with Crippen LogP contribution in [0.2, 0.25) is 0 Å². The Morgan fingerprint density at radius 1 is 0.676 bits per heavy atom. The molecule has 190 valence electrons. The zero-order valence-corrected chi connectivity index (χ0v) is 23.0. The lowest BCUT2D eigenvalue weighted by Gasteiger charge is -2.26. The predicted octanol–water partition coefficient (Wildman–Crippen LogP) is 5.78. The molecule has 1 unspecified atom stereocenters. The van der Waals surface area contributed by atoms with E-state index in [2.05, 4.69) is 27.7 Å². The Labute approximate surface area is 212 Å². The van der Waals surface area contributed by atoms with Gasteiger partial charge in [-0.15, -0.1) is 22.7 Å². The number of rotatable bonds is 15. The van der Waals surface area contributed by atoms with Crippen molar-refractivity contribution >= 4 is 22.7 Å². The SMILES string of the molecule is CCCC(C)(CO)CCCc1cc(=O)cc(CCc2cc(=O)cc(CCCC(C)(C)CO)s2)s1. The van der Waals surface area contributed by atoms with Crippen LogP contribution >= 0.6 is 22.7 Å². The van der Waals surface area contributed by atoms with Crippen molar-refractivity contribution in [1.29, 1.82) is 0 Å². The van der Waals surface area contributed by atoms with Crippen LogP contribution in [0.15, 0.2) is 33.9 Å². The zero-order valence-electron chi connectivity index (χ0n) is 21.3. The van der Waals surface area contributed by atoms with Crippen LogP contribution in [0, 0.1) is 10.8 Å². The smallest absolute Gasteiger partial charge is 0.180 e. The van der Waals surface area contributed by atoms with Gasteiger partial charge in [0.2, 0.25) is 0 Å². The van der Waals surface area contributed by atoms with E-state index in [0.717, 1.165) is 83.7 Å². The summed E-state index contributed by atoms with van der Waals surface area (Å²) in [6.45, 7) is 8.78. The van der Waals surface area contributed by atoms with Crippen LogP contribution in [0.3, 0.4) is 0 Å². The third kappa shape index (κ3) is 10.1. The molecular weight excluding hydrogens is 464 g/mol. The summed E-state index contributed by atoms with van der Waals surface area (Å²) in [6.07, 6.45) is 9.10. The summed E-state index contributed by atoms with van der Waals surface area (Å²) in [6, 6.07) is 6.93. The maximum absolute atomic E-state index is 12.3. The molecule has 2 heterocycles. The maximum atomic E-state index is 12.3. The summed E-state index contributed by atoms with van der Waals surface area (Å²) in [5.74, 6) is 0. The Bertz CT molecular complexity index is 1010. The Kier molecular flexibility index (Phi) is 11.6. The molecule has 0 radical (unpaired) electrons. The van der Waals surface area contributed by atoms with E-state index in [1.54, 1.807) is 46.9 Å². The van der Waals surface area contributed by atoms with E-state index in [4.69, 9.17) is 0 Å². The fraction of sp³-hybridized carbons (Fsp3) is 0.643. The second-order valence-electron chi connectivity index (χ2n) is 10.7. The molecule has 2 aromatic heterocycles. The zero-order chi connectivity index (χ0) is 25.2. The molecule has 2 rings (SSSR count). The second kappa shape index (κ2) is 13.7. The van der Waals surface area contributed by atoms with Gasteiger partial charge in [0.1, 0.15) is 0 Å². The summed E-state index contributed by atoms with van der Waals surface area (Å²) in [5, 5.41) is 19.2. The summed E-state index contributed by atoms with van der Waals surface area (Å²) < 4.78 is 0. The Morgan fingerprint density at radius 3 is 1.53 bits per heavy atom. The lowest BCUT2D eigenvalue weighted by Crippen LogP contribution is -2.21. The molecule has 0 saturated carbocycles. The van der Waals surface area contributed by atoms with Crippen molar-refractivity contribution in [2.75, 3.05) is 13.2 Å². The molecule has 0 aromatic carbocycles. The van der Waals surface area contributed by atoms with Gasteiger partial charge in [0.15, 0.2) is 10.9 Å². The molecule has 0 bridgehead atoms. The molecule has 2 aromatic rings. The minimum atomic E-state index is -0.0856. The first-order valence-corrected chi connectivity index (χ1v) is 14.2. The standard InChI is InChI=1S/C28H42O4S2/c1-5-12-28(4,20-30)14-7-9-24-16-22(32)18-26(34-24)11-10-25-17-21(31)15-23(33-25)8-6-13-27(2,3)19-29/h15-18,29-30H,5-14,19-20H2,1-4H3. The third-order valence-electron chi connectivity index (χ3n) is 6.50. The highest BCUT2D eigenvalue weighted by molar-refractivity contribution is 7.12. The van der Waals surface area contributed by atoms with Gasteiger partial charge in [0, 0.05) is 32.7 Å². The van der Waals surface area contributed by atoms with Gasteiger partial charge in [-0.05, 0) is 92.9 Å². The van der Waals surface area contributed by atoms with Crippen LogP contribution in [0.1, 0.15) is 85.7 Å². The van der Waals surface area contributed by atoms with Crippen LogP contribution in [-0.2, 0) is 25.7 Å². The van der Waals surface area contributed by atoms with Gasteiger partial charge in [-0.2, -0.15) is 0 Å². The minimum Gasteiger partial charge on any atom is -0.396 e. The largest absolute Gasteiger partial charge is 0.396 e. The van der Waals surface area contributed by atoms with Gasteiger partial charge in [0.05, 0.1) is 0 Å². The number of hydrogen-bond donors (Lipinski definition) is 2. The fourth-order valence-corrected chi connectivity index (χ4v) is 6.58. The van der Waals surface area contributed by atoms with Gasteiger partial charge in [-0.25, -0.2) is 0 Å². The lowest BCUT2D eigenvalue weighted by molar-refractivity contribution is 0.120. The molecule has 6 heteroatoms. The molecule has 0 aliphatic carbocycles. The van der Waals surface area contributed by atoms with E-state index in [9.17, 15) is 19.8 Å². The highest BCUT2D eigenvalue weighted by atomic mass is 32.1. The van der Waals surface area contributed by atoms with Crippen LogP contribution < -0.4 is 10.9 Å².